The predicted molar refractivity (Wildman–Crippen MR) is 114 cm³/mol. The maximum absolute atomic E-state index is 12.3. The number of likely N-dealkylation sites (tertiary alicyclic amines) is 1. The Bertz CT molecular complexity index is 859. The van der Waals surface area contributed by atoms with Crippen LogP contribution in [0.5, 0.6) is 0 Å². The van der Waals surface area contributed by atoms with Gasteiger partial charge in [-0.1, -0.05) is 36.3 Å². The minimum Gasteiger partial charge on any atom is -0.453 e. The van der Waals surface area contributed by atoms with Gasteiger partial charge < -0.3 is 9.47 Å². The number of terminal acetylenes is 1. The summed E-state index contributed by atoms with van der Waals surface area (Å²) in [6, 6.07) is 8.92. The number of hydrogen-bond acceptors (Lipinski definition) is 5. The molecule has 1 aromatic rings. The molecule has 8 heteroatoms. The first kappa shape index (κ1) is 22.6. The summed E-state index contributed by atoms with van der Waals surface area (Å²) in [5.41, 5.74) is 1.36. The summed E-state index contributed by atoms with van der Waals surface area (Å²) < 4.78 is 37.3. The van der Waals surface area contributed by atoms with Crippen molar-refractivity contribution in [3.8, 4) is 12.3 Å². The molecule has 0 radical (unpaired) electrons. The number of carbonyl (C=O) groups excluding carboxylic acids is 1. The van der Waals surface area contributed by atoms with Crippen LogP contribution in [0.25, 0.3) is 0 Å². The molecule has 1 saturated carbocycles. The van der Waals surface area contributed by atoms with E-state index in [2.05, 4.69) is 34.9 Å². The highest BCUT2D eigenvalue weighted by molar-refractivity contribution is 7.88. The van der Waals surface area contributed by atoms with E-state index in [1.54, 1.807) is 0 Å². The van der Waals surface area contributed by atoms with E-state index in [1.165, 1.54) is 17.6 Å². The van der Waals surface area contributed by atoms with Gasteiger partial charge in [0.05, 0.1) is 38.2 Å². The van der Waals surface area contributed by atoms with Crippen molar-refractivity contribution in [3.63, 3.8) is 0 Å². The van der Waals surface area contributed by atoms with E-state index >= 15 is 0 Å². The number of hydrogen-bond donors (Lipinski definition) is 1. The molecule has 1 saturated heterocycles. The van der Waals surface area contributed by atoms with Crippen molar-refractivity contribution < 1.29 is 22.7 Å². The smallest absolute Gasteiger partial charge is 0.410 e. The molecule has 3 rings (SSSR count). The van der Waals surface area contributed by atoms with Gasteiger partial charge in [-0.2, -0.15) is 0 Å². The summed E-state index contributed by atoms with van der Waals surface area (Å²) in [6.45, 7) is 0.209. The lowest BCUT2D eigenvalue weighted by atomic mass is 9.83. The maximum atomic E-state index is 12.3. The Kier molecular flexibility index (Phi) is 7.40. The lowest BCUT2D eigenvalue weighted by Gasteiger charge is -2.33. The fraction of sp³-hybridized carbons (Fsp3) is 0.591. The highest BCUT2D eigenvalue weighted by Crippen LogP contribution is 2.34. The van der Waals surface area contributed by atoms with Crippen molar-refractivity contribution in [2.75, 3.05) is 20.0 Å². The zero-order chi connectivity index (χ0) is 21.7. The van der Waals surface area contributed by atoms with Gasteiger partial charge in [-0.3, -0.25) is 4.90 Å². The molecule has 1 heterocycles. The molecule has 0 aromatic heterocycles. The second-order valence-corrected chi connectivity index (χ2v) is 9.86. The molecule has 3 atom stereocenters. The van der Waals surface area contributed by atoms with Crippen molar-refractivity contribution in [1.82, 2.24) is 9.62 Å². The Hall–Kier alpha value is -2.08. The van der Waals surface area contributed by atoms with Gasteiger partial charge in [0.2, 0.25) is 10.0 Å². The van der Waals surface area contributed by atoms with E-state index in [0.29, 0.717) is 12.3 Å². The summed E-state index contributed by atoms with van der Waals surface area (Å²) in [4.78, 5) is 13.8. The van der Waals surface area contributed by atoms with Crippen molar-refractivity contribution in [1.29, 1.82) is 0 Å². The van der Waals surface area contributed by atoms with Gasteiger partial charge in [0.1, 0.15) is 0 Å². The lowest BCUT2D eigenvalue weighted by Crippen LogP contribution is -2.50. The van der Waals surface area contributed by atoms with Gasteiger partial charge >= 0.3 is 6.09 Å². The van der Waals surface area contributed by atoms with E-state index in [9.17, 15) is 13.2 Å². The molecular weight excluding hydrogens is 404 g/mol. The van der Waals surface area contributed by atoms with Crippen LogP contribution >= 0.6 is 0 Å². The topological polar surface area (TPSA) is 84.9 Å². The molecule has 7 nitrogen and oxygen atoms in total. The number of nitrogens with zero attached hydrogens (tertiary/aromatic N) is 1. The molecule has 1 aliphatic heterocycles. The number of ether oxygens (including phenoxy) is 2. The Morgan fingerprint density at radius 1 is 1.23 bits per heavy atom. The first-order valence-corrected chi connectivity index (χ1v) is 12.2. The molecule has 2 aliphatic rings. The van der Waals surface area contributed by atoms with Gasteiger partial charge in [-0.15, -0.1) is 6.42 Å². The molecule has 1 aromatic carbocycles. The maximum Gasteiger partial charge on any atom is 0.410 e. The molecule has 1 amide bonds. The fourth-order valence-electron chi connectivity index (χ4n) is 4.57. The third-order valence-electron chi connectivity index (χ3n) is 6.03. The monoisotopic (exact) mass is 434 g/mol. The number of nitrogens with one attached hydrogen (secondary N) is 1. The van der Waals surface area contributed by atoms with Crippen LogP contribution in [0.1, 0.15) is 43.6 Å². The van der Waals surface area contributed by atoms with Crippen LogP contribution in [-0.4, -0.2) is 63.6 Å². The van der Waals surface area contributed by atoms with Crippen LogP contribution in [-0.2, 0) is 19.5 Å². The highest BCUT2D eigenvalue weighted by atomic mass is 32.2. The first-order chi connectivity index (χ1) is 14.3. The van der Waals surface area contributed by atoms with Gasteiger partial charge in [0.15, 0.2) is 0 Å². The second-order valence-electron chi connectivity index (χ2n) is 8.08. The summed E-state index contributed by atoms with van der Waals surface area (Å²) >= 11 is 0. The summed E-state index contributed by atoms with van der Waals surface area (Å²) in [5, 5.41) is 0. The predicted octanol–water partition coefficient (Wildman–Crippen LogP) is 2.49. The van der Waals surface area contributed by atoms with Gasteiger partial charge in [0, 0.05) is 6.04 Å². The molecule has 0 spiro atoms. The highest BCUT2D eigenvalue weighted by Gasteiger charge is 2.45. The van der Waals surface area contributed by atoms with Crippen LogP contribution in [0.4, 0.5) is 4.79 Å². The second kappa shape index (κ2) is 9.82. The van der Waals surface area contributed by atoms with E-state index in [-0.39, 0.29) is 12.7 Å². The number of rotatable bonds is 6. The van der Waals surface area contributed by atoms with Crippen molar-refractivity contribution >= 4 is 16.1 Å². The molecule has 0 bridgehead atoms. The minimum atomic E-state index is -3.46. The van der Waals surface area contributed by atoms with Crippen LogP contribution in [0, 0.1) is 12.3 Å². The number of sulfonamides is 1. The third kappa shape index (κ3) is 5.54. The zero-order valence-electron chi connectivity index (χ0n) is 17.5. The molecule has 2 fully saturated rings. The Morgan fingerprint density at radius 3 is 2.47 bits per heavy atom. The lowest BCUT2D eigenvalue weighted by molar-refractivity contribution is -0.00730. The first-order valence-electron chi connectivity index (χ1n) is 10.3. The molecule has 1 N–H and O–H groups in total. The van der Waals surface area contributed by atoms with Gasteiger partial charge in [-0.25, -0.2) is 17.9 Å². The number of amides is 1. The van der Waals surface area contributed by atoms with Crippen molar-refractivity contribution in [3.05, 3.63) is 35.9 Å². The summed E-state index contributed by atoms with van der Waals surface area (Å²) in [5.74, 6) is 3.11. The molecule has 0 unspecified atom stereocenters. The average Bonchev–Trinajstić information content (AvgIpc) is 3.08. The number of methoxy groups -OCH3 is 1. The number of carbonyl (C=O) groups is 1. The molecule has 164 valence electrons. The molecular formula is C22H30N2O5S. The van der Waals surface area contributed by atoms with E-state index in [1.807, 2.05) is 6.07 Å². The SMILES string of the molecule is C#C[C@@H]1C[C@H](NS(C)(=O)=O)[C@H](COC2CCC(c3ccccc3)CC2)N1C(=O)OC. The summed E-state index contributed by atoms with van der Waals surface area (Å²) in [7, 11) is -2.17. The van der Waals surface area contributed by atoms with Gasteiger partial charge in [0.25, 0.3) is 0 Å². The normalized spacial score (nSPS) is 29.4. The Morgan fingerprint density at radius 2 is 1.90 bits per heavy atom. The third-order valence-corrected chi connectivity index (χ3v) is 6.76. The van der Waals surface area contributed by atoms with E-state index in [0.717, 1.165) is 31.9 Å². The standard InChI is InChI=1S/C22H30N2O5S/c1-4-18-14-20(23-30(3,26)27)21(24(18)22(25)28-2)15-29-19-12-10-17(11-13-19)16-8-6-5-7-9-16/h1,5-9,17-21,23H,10-15H2,2-3H3/t17?,18-,19?,20+,21+/m1/s1. The van der Waals surface area contributed by atoms with Gasteiger partial charge in [-0.05, 0) is 43.6 Å². The van der Waals surface area contributed by atoms with Crippen LogP contribution < -0.4 is 4.72 Å². The van der Waals surface area contributed by atoms with Crippen LogP contribution in [0.3, 0.4) is 0 Å². The quantitative estimate of drug-likeness (QED) is 0.696. The van der Waals surface area contributed by atoms with E-state index < -0.39 is 34.2 Å². The summed E-state index contributed by atoms with van der Waals surface area (Å²) in [6.07, 6.45) is 10.5. The largest absolute Gasteiger partial charge is 0.453 e. The molecule has 1 aliphatic carbocycles. The van der Waals surface area contributed by atoms with Crippen LogP contribution in [0.15, 0.2) is 30.3 Å². The zero-order valence-corrected chi connectivity index (χ0v) is 18.3. The fourth-order valence-corrected chi connectivity index (χ4v) is 5.38. The minimum absolute atomic E-state index is 0.0771. The Labute approximate surface area is 179 Å². The average molecular weight is 435 g/mol. The van der Waals surface area contributed by atoms with E-state index in [4.69, 9.17) is 15.9 Å². The molecule has 30 heavy (non-hydrogen) atoms. The Balaban J connectivity index is 1.63. The van der Waals surface area contributed by atoms with Crippen molar-refractivity contribution in [2.45, 2.75) is 62.3 Å². The van der Waals surface area contributed by atoms with Crippen molar-refractivity contribution in [2.24, 2.45) is 0 Å². The van der Waals surface area contributed by atoms with Crippen LogP contribution in [0.2, 0.25) is 0 Å². The number of benzene rings is 1.